The molecule has 11 atom stereocenters. The van der Waals surface area contributed by atoms with E-state index in [9.17, 15) is 0 Å². The zero-order valence-electron chi connectivity index (χ0n) is 26.9. The number of benzene rings is 1. The maximum atomic E-state index is 2.89. The second kappa shape index (κ2) is 9.62. The van der Waals surface area contributed by atoms with Crippen molar-refractivity contribution in [3.8, 4) is 0 Å². The maximum Gasteiger partial charge on any atom is 0.0569 e. The summed E-state index contributed by atoms with van der Waals surface area (Å²) in [6.45, 7) is 18.3. The van der Waals surface area contributed by atoms with Crippen molar-refractivity contribution in [2.24, 2.45) is 52.8 Å². The van der Waals surface area contributed by atoms with Crippen molar-refractivity contribution in [3.63, 3.8) is 0 Å². The Morgan fingerprint density at radius 3 is 2.50 bits per heavy atom. The summed E-state index contributed by atoms with van der Waals surface area (Å²) in [5.74, 6) is 7.86. The van der Waals surface area contributed by atoms with E-state index in [-0.39, 0.29) is 0 Å². The van der Waals surface area contributed by atoms with Crippen LogP contribution in [0.15, 0.2) is 42.5 Å². The molecular weight excluding hydrogens is 499 g/mol. The van der Waals surface area contributed by atoms with Crippen molar-refractivity contribution in [2.45, 2.75) is 116 Å². The first-order chi connectivity index (χ1) is 19.0. The van der Waals surface area contributed by atoms with Gasteiger partial charge in [-0.05, 0) is 126 Å². The average molecular weight is 556 g/mol. The smallest absolute Gasteiger partial charge is 0.0569 e. The lowest BCUT2D eigenvalue weighted by atomic mass is 9.53. The zero-order valence-corrected chi connectivity index (χ0v) is 27.9. The second-order valence-corrected chi connectivity index (χ2v) is 22.2. The van der Waals surface area contributed by atoms with E-state index in [1.54, 1.807) is 12.0 Å². The number of likely N-dealkylation sites (N-methyl/N-ethyl adjacent to an activating group) is 1. The number of nitrogens with zero attached hydrogens (tertiary/aromatic N) is 1. The number of hydrogen-bond acceptors (Lipinski definition) is 1. The van der Waals surface area contributed by atoms with Crippen LogP contribution in [-0.4, -0.2) is 21.2 Å². The van der Waals surface area contributed by atoms with Crippen molar-refractivity contribution >= 4 is 13.8 Å². The molecule has 0 saturated heterocycles. The van der Waals surface area contributed by atoms with Crippen LogP contribution in [0.2, 0.25) is 24.2 Å². The van der Waals surface area contributed by atoms with Gasteiger partial charge >= 0.3 is 0 Å². The molecule has 1 aliphatic heterocycles. The first kappa shape index (κ1) is 27.5. The molecule has 1 heterocycles. The molecule has 2 heteroatoms. The first-order valence-electron chi connectivity index (χ1n) is 17.2. The van der Waals surface area contributed by atoms with E-state index >= 15 is 0 Å². The summed E-state index contributed by atoms with van der Waals surface area (Å²) in [4.78, 5) is 2.78. The summed E-state index contributed by atoms with van der Waals surface area (Å²) >= 11 is 0. The van der Waals surface area contributed by atoms with Crippen molar-refractivity contribution in [1.82, 2.24) is 0 Å². The van der Waals surface area contributed by atoms with Gasteiger partial charge in [0.25, 0.3) is 0 Å². The van der Waals surface area contributed by atoms with Crippen LogP contribution in [0.25, 0.3) is 0 Å². The molecule has 0 radical (unpaired) electrons. The lowest BCUT2D eigenvalue weighted by Crippen LogP contribution is -2.51. The zero-order chi connectivity index (χ0) is 28.1. The summed E-state index contributed by atoms with van der Waals surface area (Å²) < 4.78 is 0. The molecule has 11 unspecified atom stereocenters. The summed E-state index contributed by atoms with van der Waals surface area (Å²) in [6, 6.07) is 8.05. The Kier molecular flexibility index (Phi) is 6.62. The molecule has 1 aromatic carbocycles. The molecule has 4 fully saturated rings. The number of fused-ring (bicyclic) bond motifs is 8. The Hall–Kier alpha value is -1.28. The standard InChI is InChI=1S/C38H57NSi/c1-23(2)20-25-22-33(30-17-18-31-28(34(25)30)14-11-19-38(31,4)5)40(7,8)37-27-13-10-9-12-26(27)35-29-16-15-24(3)21-32(29)39(6)36(35)37/h9-10,12-13,15-16,21,23,25-28,30-31,33-37H,11,14,17-20,22H2,1-8H3. The van der Waals surface area contributed by atoms with Gasteiger partial charge in [-0.3, -0.25) is 0 Å². The fourth-order valence-corrected chi connectivity index (χ4v) is 18.3. The third-order valence-corrected chi connectivity index (χ3v) is 19.1. The molecule has 218 valence electrons. The van der Waals surface area contributed by atoms with Crippen LogP contribution >= 0.6 is 0 Å². The van der Waals surface area contributed by atoms with Crippen LogP contribution in [0.4, 0.5) is 5.69 Å². The van der Waals surface area contributed by atoms with Gasteiger partial charge in [0, 0.05) is 24.7 Å². The molecule has 6 aliphatic rings. The molecule has 1 aromatic rings. The van der Waals surface area contributed by atoms with Crippen molar-refractivity contribution in [3.05, 3.63) is 53.6 Å². The molecule has 4 saturated carbocycles. The van der Waals surface area contributed by atoms with Gasteiger partial charge in [0.1, 0.15) is 0 Å². The van der Waals surface area contributed by atoms with E-state index in [2.05, 4.69) is 102 Å². The highest BCUT2D eigenvalue weighted by Crippen LogP contribution is 2.70. The second-order valence-electron chi connectivity index (χ2n) is 17.2. The van der Waals surface area contributed by atoms with Gasteiger partial charge in [-0.15, -0.1) is 0 Å². The molecule has 1 nitrogen and oxygen atoms in total. The van der Waals surface area contributed by atoms with Crippen LogP contribution < -0.4 is 4.90 Å². The van der Waals surface area contributed by atoms with E-state index in [1.807, 2.05) is 0 Å². The fraction of sp³-hybridized carbons (Fsp3) is 0.737. The van der Waals surface area contributed by atoms with Crippen LogP contribution in [0, 0.1) is 59.7 Å². The van der Waals surface area contributed by atoms with Gasteiger partial charge in [-0.2, -0.15) is 0 Å². The average Bonchev–Trinajstić information content (AvgIpc) is 3.53. The first-order valence-corrected chi connectivity index (χ1v) is 20.3. The van der Waals surface area contributed by atoms with Gasteiger partial charge in [-0.25, -0.2) is 0 Å². The van der Waals surface area contributed by atoms with Gasteiger partial charge in [0.15, 0.2) is 0 Å². The highest BCUT2D eigenvalue weighted by atomic mass is 28.3. The fourth-order valence-electron chi connectivity index (χ4n) is 12.7. The third-order valence-electron chi connectivity index (χ3n) is 14.0. The number of anilines is 1. The van der Waals surface area contributed by atoms with Crippen LogP contribution in [0.3, 0.4) is 0 Å². The lowest BCUT2D eigenvalue weighted by Gasteiger charge is -2.54. The highest BCUT2D eigenvalue weighted by molar-refractivity contribution is 6.80. The molecular formula is C38H57NSi. The minimum Gasteiger partial charge on any atom is -0.371 e. The van der Waals surface area contributed by atoms with E-state index in [1.165, 1.54) is 49.8 Å². The van der Waals surface area contributed by atoms with Gasteiger partial charge in [0.05, 0.1) is 8.07 Å². The Morgan fingerprint density at radius 1 is 1.00 bits per heavy atom. The van der Waals surface area contributed by atoms with Crippen molar-refractivity contribution in [1.29, 1.82) is 0 Å². The highest BCUT2D eigenvalue weighted by Gasteiger charge is 2.64. The number of hydrogen-bond donors (Lipinski definition) is 0. The summed E-state index contributed by atoms with van der Waals surface area (Å²) in [7, 11) is 0.812. The number of rotatable bonds is 4. The summed E-state index contributed by atoms with van der Waals surface area (Å²) in [5, 5.41) is 0. The van der Waals surface area contributed by atoms with Crippen LogP contribution in [-0.2, 0) is 0 Å². The lowest BCUT2D eigenvalue weighted by molar-refractivity contribution is -0.0299. The van der Waals surface area contributed by atoms with E-state index in [0.29, 0.717) is 23.3 Å². The van der Waals surface area contributed by atoms with E-state index < -0.39 is 8.07 Å². The predicted molar refractivity (Wildman–Crippen MR) is 175 cm³/mol. The molecule has 0 spiro atoms. The van der Waals surface area contributed by atoms with Crippen LogP contribution in [0.1, 0.15) is 89.7 Å². The molecule has 5 aliphatic carbocycles. The topological polar surface area (TPSA) is 3.24 Å². The third kappa shape index (κ3) is 3.96. The number of allylic oxidation sites excluding steroid dienone is 4. The quantitative estimate of drug-likeness (QED) is 0.334. The SMILES string of the molecule is Cc1ccc2c(c1)N(C)C1C2C2C=CC=CC2C1[Si](C)(C)C1CC(CC(C)C)C2C3CCCC(C)(C)C3CCC21. The monoisotopic (exact) mass is 555 g/mol. The van der Waals surface area contributed by atoms with Gasteiger partial charge < -0.3 is 4.90 Å². The molecule has 0 bridgehead atoms. The summed E-state index contributed by atoms with van der Waals surface area (Å²) in [6.07, 6.45) is 20.6. The summed E-state index contributed by atoms with van der Waals surface area (Å²) in [5.41, 5.74) is 6.99. The maximum absolute atomic E-state index is 2.89. The molecule has 0 N–H and O–H groups in total. The van der Waals surface area contributed by atoms with Gasteiger partial charge in [-0.1, -0.05) is 83.6 Å². The Bertz CT molecular complexity index is 1190. The van der Waals surface area contributed by atoms with Gasteiger partial charge in [0.2, 0.25) is 0 Å². The van der Waals surface area contributed by atoms with Crippen molar-refractivity contribution in [2.75, 3.05) is 11.9 Å². The largest absolute Gasteiger partial charge is 0.371 e. The number of aryl methyl sites for hydroxylation is 1. The minimum absolute atomic E-state index is 0.558. The predicted octanol–water partition coefficient (Wildman–Crippen LogP) is 10.3. The molecule has 0 aromatic heterocycles. The molecule has 40 heavy (non-hydrogen) atoms. The van der Waals surface area contributed by atoms with Crippen molar-refractivity contribution < 1.29 is 0 Å². The normalized spacial score (nSPS) is 42.9. The Balaban J connectivity index is 1.27. The van der Waals surface area contributed by atoms with E-state index in [4.69, 9.17) is 0 Å². The van der Waals surface area contributed by atoms with Crippen LogP contribution in [0.5, 0.6) is 0 Å². The molecule has 0 amide bonds. The van der Waals surface area contributed by atoms with E-state index in [0.717, 1.165) is 52.5 Å². The minimum atomic E-state index is -1.65. The Labute approximate surface area is 247 Å². The molecule has 7 rings (SSSR count). The Morgan fingerprint density at radius 2 is 1.75 bits per heavy atom.